The SMILES string of the molecule is CC1CC(CNC(=O)CCc2ccccc2C(=O)O)CCO1. The van der Waals surface area contributed by atoms with Crippen LogP contribution in [0.1, 0.15) is 42.1 Å². The Morgan fingerprint density at radius 2 is 2.14 bits per heavy atom. The van der Waals surface area contributed by atoms with Gasteiger partial charge < -0.3 is 15.2 Å². The number of carbonyl (C=O) groups excluding carboxylic acids is 1. The van der Waals surface area contributed by atoms with Crippen LogP contribution in [0, 0.1) is 5.92 Å². The first kappa shape index (κ1) is 16.5. The summed E-state index contributed by atoms with van der Waals surface area (Å²) in [7, 11) is 0. The first-order valence-corrected chi connectivity index (χ1v) is 7.75. The van der Waals surface area contributed by atoms with Crippen LogP contribution in [0.5, 0.6) is 0 Å². The maximum Gasteiger partial charge on any atom is 0.335 e. The molecule has 0 saturated carbocycles. The average molecular weight is 305 g/mol. The van der Waals surface area contributed by atoms with Crippen molar-refractivity contribution in [2.24, 2.45) is 5.92 Å². The third-order valence-corrected chi connectivity index (χ3v) is 4.05. The van der Waals surface area contributed by atoms with Gasteiger partial charge in [0.2, 0.25) is 5.91 Å². The highest BCUT2D eigenvalue weighted by atomic mass is 16.5. The van der Waals surface area contributed by atoms with Crippen LogP contribution < -0.4 is 5.32 Å². The summed E-state index contributed by atoms with van der Waals surface area (Å²) >= 11 is 0. The van der Waals surface area contributed by atoms with Crippen LogP contribution >= 0.6 is 0 Å². The van der Waals surface area contributed by atoms with E-state index in [1.807, 2.05) is 0 Å². The lowest BCUT2D eigenvalue weighted by Gasteiger charge is -2.27. The Balaban J connectivity index is 1.77. The van der Waals surface area contributed by atoms with E-state index in [0.717, 1.165) is 19.4 Å². The van der Waals surface area contributed by atoms with Crippen molar-refractivity contribution in [1.29, 1.82) is 0 Å². The quantitative estimate of drug-likeness (QED) is 0.845. The lowest BCUT2D eigenvalue weighted by Crippen LogP contribution is -2.34. The summed E-state index contributed by atoms with van der Waals surface area (Å²) in [5.74, 6) is -0.509. The topological polar surface area (TPSA) is 75.6 Å². The zero-order chi connectivity index (χ0) is 15.9. The summed E-state index contributed by atoms with van der Waals surface area (Å²) in [5, 5.41) is 12.1. The van der Waals surface area contributed by atoms with Gasteiger partial charge in [0.1, 0.15) is 0 Å². The van der Waals surface area contributed by atoms with E-state index in [2.05, 4.69) is 12.2 Å². The second-order valence-corrected chi connectivity index (χ2v) is 5.84. The number of benzene rings is 1. The van der Waals surface area contributed by atoms with Crippen molar-refractivity contribution in [2.45, 2.75) is 38.7 Å². The average Bonchev–Trinajstić information content (AvgIpc) is 2.51. The Kier molecular flexibility index (Phi) is 5.95. The van der Waals surface area contributed by atoms with Crippen LogP contribution in [0.4, 0.5) is 0 Å². The van der Waals surface area contributed by atoms with Gasteiger partial charge in [-0.15, -0.1) is 0 Å². The van der Waals surface area contributed by atoms with Crippen LogP contribution in [0.15, 0.2) is 24.3 Å². The van der Waals surface area contributed by atoms with Crippen molar-refractivity contribution < 1.29 is 19.4 Å². The standard InChI is InChI=1S/C17H23NO4/c1-12-10-13(8-9-22-12)11-18-16(19)7-6-14-4-2-3-5-15(14)17(20)21/h2-5,12-13H,6-11H2,1H3,(H,18,19)(H,20,21). The molecule has 1 aliphatic heterocycles. The predicted octanol–water partition coefficient (Wildman–Crippen LogP) is 2.25. The monoisotopic (exact) mass is 305 g/mol. The van der Waals surface area contributed by atoms with Crippen molar-refractivity contribution in [3.8, 4) is 0 Å². The number of carboxylic acid groups (broad SMARTS) is 1. The Hall–Kier alpha value is -1.88. The summed E-state index contributed by atoms with van der Waals surface area (Å²) in [5.41, 5.74) is 0.971. The van der Waals surface area contributed by atoms with Crippen molar-refractivity contribution >= 4 is 11.9 Å². The molecule has 1 heterocycles. The second kappa shape index (κ2) is 7.94. The predicted molar refractivity (Wildman–Crippen MR) is 82.9 cm³/mol. The number of amides is 1. The van der Waals surface area contributed by atoms with E-state index in [9.17, 15) is 9.59 Å². The van der Waals surface area contributed by atoms with E-state index in [0.29, 0.717) is 30.9 Å². The molecule has 2 unspecified atom stereocenters. The Morgan fingerprint density at radius 1 is 1.36 bits per heavy atom. The van der Waals surface area contributed by atoms with Crippen molar-refractivity contribution in [3.63, 3.8) is 0 Å². The lowest BCUT2D eigenvalue weighted by molar-refractivity contribution is -0.121. The molecule has 1 aromatic rings. The maximum absolute atomic E-state index is 11.9. The Morgan fingerprint density at radius 3 is 2.86 bits per heavy atom. The van der Waals surface area contributed by atoms with Crippen LogP contribution in [-0.4, -0.2) is 36.2 Å². The van der Waals surface area contributed by atoms with Gasteiger partial charge in [-0.1, -0.05) is 18.2 Å². The molecule has 5 heteroatoms. The van der Waals surface area contributed by atoms with E-state index in [1.54, 1.807) is 24.3 Å². The van der Waals surface area contributed by atoms with Gasteiger partial charge in [-0.05, 0) is 43.7 Å². The number of aryl methyl sites for hydroxylation is 1. The molecule has 2 atom stereocenters. The molecular formula is C17H23NO4. The number of rotatable bonds is 6. The normalized spacial score (nSPS) is 21.3. The molecule has 1 fully saturated rings. The molecular weight excluding hydrogens is 282 g/mol. The largest absolute Gasteiger partial charge is 0.478 e. The third-order valence-electron chi connectivity index (χ3n) is 4.05. The molecule has 5 nitrogen and oxygen atoms in total. The van der Waals surface area contributed by atoms with E-state index >= 15 is 0 Å². The summed E-state index contributed by atoms with van der Waals surface area (Å²) in [6.45, 7) is 3.48. The number of hydrogen-bond acceptors (Lipinski definition) is 3. The van der Waals surface area contributed by atoms with Gasteiger partial charge in [-0.2, -0.15) is 0 Å². The molecule has 2 rings (SSSR count). The number of carbonyl (C=O) groups is 2. The van der Waals surface area contributed by atoms with E-state index < -0.39 is 5.97 Å². The first-order valence-electron chi connectivity index (χ1n) is 7.75. The third kappa shape index (κ3) is 4.84. The maximum atomic E-state index is 11.9. The molecule has 1 aliphatic rings. The van der Waals surface area contributed by atoms with E-state index in [4.69, 9.17) is 9.84 Å². The van der Waals surface area contributed by atoms with Crippen LogP contribution in [-0.2, 0) is 16.0 Å². The zero-order valence-electron chi connectivity index (χ0n) is 12.9. The highest BCUT2D eigenvalue weighted by molar-refractivity contribution is 5.89. The fourth-order valence-electron chi connectivity index (χ4n) is 2.82. The molecule has 0 aliphatic carbocycles. The second-order valence-electron chi connectivity index (χ2n) is 5.84. The molecule has 120 valence electrons. The minimum Gasteiger partial charge on any atom is -0.478 e. The number of nitrogens with one attached hydrogen (secondary N) is 1. The van der Waals surface area contributed by atoms with Crippen molar-refractivity contribution in [3.05, 3.63) is 35.4 Å². The Bertz CT molecular complexity index is 529. The molecule has 1 amide bonds. The molecule has 0 bridgehead atoms. The minimum absolute atomic E-state index is 0.0284. The summed E-state index contributed by atoms with van der Waals surface area (Å²) in [4.78, 5) is 23.0. The van der Waals surface area contributed by atoms with Crippen LogP contribution in [0.2, 0.25) is 0 Å². The summed E-state index contributed by atoms with van der Waals surface area (Å²) < 4.78 is 5.49. The summed E-state index contributed by atoms with van der Waals surface area (Å²) in [6.07, 6.45) is 2.97. The molecule has 1 saturated heterocycles. The fraction of sp³-hybridized carbons (Fsp3) is 0.529. The van der Waals surface area contributed by atoms with Gasteiger partial charge in [0, 0.05) is 19.6 Å². The molecule has 2 N–H and O–H groups in total. The van der Waals surface area contributed by atoms with Gasteiger partial charge in [-0.25, -0.2) is 4.79 Å². The molecule has 22 heavy (non-hydrogen) atoms. The van der Waals surface area contributed by atoms with Crippen LogP contribution in [0.3, 0.4) is 0 Å². The van der Waals surface area contributed by atoms with E-state index in [-0.39, 0.29) is 17.6 Å². The van der Waals surface area contributed by atoms with Crippen LogP contribution in [0.25, 0.3) is 0 Å². The zero-order valence-corrected chi connectivity index (χ0v) is 12.9. The van der Waals surface area contributed by atoms with Gasteiger partial charge in [0.15, 0.2) is 0 Å². The van der Waals surface area contributed by atoms with Crippen molar-refractivity contribution in [1.82, 2.24) is 5.32 Å². The van der Waals surface area contributed by atoms with Gasteiger partial charge in [0.05, 0.1) is 11.7 Å². The molecule has 1 aromatic carbocycles. The van der Waals surface area contributed by atoms with Gasteiger partial charge in [-0.3, -0.25) is 4.79 Å². The summed E-state index contributed by atoms with van der Waals surface area (Å²) in [6, 6.07) is 6.82. The highest BCUT2D eigenvalue weighted by Crippen LogP contribution is 2.19. The fourth-order valence-corrected chi connectivity index (χ4v) is 2.82. The van der Waals surface area contributed by atoms with Gasteiger partial charge in [0.25, 0.3) is 0 Å². The lowest BCUT2D eigenvalue weighted by atomic mass is 9.96. The molecule has 0 radical (unpaired) electrons. The first-order chi connectivity index (χ1) is 10.6. The molecule has 0 aromatic heterocycles. The number of ether oxygens (including phenoxy) is 1. The van der Waals surface area contributed by atoms with E-state index in [1.165, 1.54) is 0 Å². The van der Waals surface area contributed by atoms with Crippen molar-refractivity contribution in [2.75, 3.05) is 13.2 Å². The highest BCUT2D eigenvalue weighted by Gasteiger charge is 2.19. The minimum atomic E-state index is -0.952. The molecule has 0 spiro atoms. The van der Waals surface area contributed by atoms with Gasteiger partial charge >= 0.3 is 5.97 Å². The number of hydrogen-bond donors (Lipinski definition) is 2. The number of carboxylic acids is 1. The smallest absolute Gasteiger partial charge is 0.335 e. The number of aromatic carboxylic acids is 1. The Labute approximate surface area is 130 Å².